The number of likely N-dealkylation sites (tertiary alicyclic amines) is 1. The molecule has 606 valence electrons. The topological polar surface area (TPSA) is 267 Å². The first-order valence-corrected chi connectivity index (χ1v) is 40.8. The fourth-order valence-electron chi connectivity index (χ4n) is 14.9. The molecule has 118 heavy (non-hydrogen) atoms. The number of ether oxygens (including phenoxy) is 1. The third-order valence-corrected chi connectivity index (χ3v) is 23.3. The smallest absolute Gasteiger partial charge is 0.870 e. The molecule has 18 rings (SSSR count). The molecule has 4 fully saturated rings. The summed E-state index contributed by atoms with van der Waals surface area (Å²) in [7, 11) is 9.37. The number of aromatic carboxylic acids is 1. The predicted octanol–water partition coefficient (Wildman–Crippen LogP) is 11.2. The zero-order valence-corrected chi connectivity index (χ0v) is 69.9. The summed E-state index contributed by atoms with van der Waals surface area (Å²) in [6.45, 7) is 12.0. The predicted molar refractivity (Wildman–Crippen MR) is 465 cm³/mol. The Morgan fingerprint density at radius 1 is 0.466 bits per heavy atom. The van der Waals surface area contributed by atoms with E-state index in [0.29, 0.717) is 52.2 Å². The number of ketones is 1. The first-order valence-electron chi connectivity index (χ1n) is 38.6. The summed E-state index contributed by atoms with van der Waals surface area (Å²) in [5.41, 5.74) is 15.3. The molecule has 6 aromatic heterocycles. The molecule has 0 spiro atoms. The number of Topliss-reactive ketones (excluding diaryl/α,β-unsaturated/α-hetero) is 1. The number of amides is 3. The Hall–Kier alpha value is -11.1. The molecule has 4 saturated heterocycles. The molecule has 0 radical (unpaired) electrons. The Bertz CT molecular complexity index is 5640. The summed E-state index contributed by atoms with van der Waals surface area (Å²) in [5.74, 6) is -0.259. The van der Waals surface area contributed by atoms with Crippen molar-refractivity contribution in [1.29, 1.82) is 0 Å². The summed E-state index contributed by atoms with van der Waals surface area (Å²) in [4.78, 5) is 90.5. The molecular weight excluding hydrogens is 1540 g/mol. The molecule has 5 N–H and O–H groups in total. The third kappa shape index (κ3) is 22.2. The van der Waals surface area contributed by atoms with Crippen molar-refractivity contribution in [2.75, 3.05) is 85.6 Å². The summed E-state index contributed by atoms with van der Waals surface area (Å²) >= 11 is 8.34. The summed E-state index contributed by atoms with van der Waals surface area (Å²) < 4.78 is 13.0. The zero-order valence-electron chi connectivity index (χ0n) is 67.5. The van der Waals surface area contributed by atoms with Crippen LogP contribution < -0.4 is 24.2 Å². The molecule has 22 nitrogen and oxygen atoms in total. The fraction of sp³-hybridized carbons (Fsp3) is 0.261. The molecule has 26 heteroatoms. The molecule has 3 amide bonds. The number of thiazole rings is 2. The van der Waals surface area contributed by atoms with Crippen molar-refractivity contribution in [3.63, 3.8) is 0 Å². The minimum absolute atomic E-state index is 0. The van der Waals surface area contributed by atoms with E-state index >= 15 is 0 Å². The number of fused-ring (bicyclic) bond motifs is 4. The van der Waals surface area contributed by atoms with Crippen LogP contribution in [-0.2, 0) is 58.1 Å². The van der Waals surface area contributed by atoms with E-state index in [1.165, 1.54) is 84.9 Å². The molecule has 4 aliphatic rings. The first-order chi connectivity index (χ1) is 55.9. The van der Waals surface area contributed by atoms with Crippen molar-refractivity contribution in [2.45, 2.75) is 44.1 Å². The average Bonchev–Trinajstić information content (AvgIpc) is 1.64. The van der Waals surface area contributed by atoms with Crippen molar-refractivity contribution in [3.8, 4) is 0 Å². The molecular formula is C92H98ClLiN12O10S2. The van der Waals surface area contributed by atoms with Crippen LogP contribution in [0.2, 0.25) is 0 Å². The second kappa shape index (κ2) is 42.3. The van der Waals surface area contributed by atoms with Crippen LogP contribution in [-0.4, -0.2) is 202 Å². The largest absolute Gasteiger partial charge is 1.00 e. The minimum Gasteiger partial charge on any atom is -0.870 e. The number of methoxy groups -OCH3 is 1. The zero-order chi connectivity index (χ0) is 80.5. The number of esters is 1. The summed E-state index contributed by atoms with van der Waals surface area (Å²) in [6.07, 6.45) is 14.3. The van der Waals surface area contributed by atoms with Gasteiger partial charge in [-0.1, -0.05) is 152 Å². The van der Waals surface area contributed by atoms with Crippen molar-refractivity contribution in [1.82, 2.24) is 58.1 Å². The molecule has 0 atom stereocenters. The van der Waals surface area contributed by atoms with Gasteiger partial charge in [-0.2, -0.15) is 0 Å². The number of aryl methyl sites for hydroxylation is 4. The van der Waals surface area contributed by atoms with E-state index < -0.39 is 5.97 Å². The van der Waals surface area contributed by atoms with Gasteiger partial charge in [0.25, 0.3) is 17.7 Å². The molecule has 0 unspecified atom stereocenters. The minimum atomic E-state index is -0.891. The van der Waals surface area contributed by atoms with Gasteiger partial charge in [0, 0.05) is 222 Å². The number of halogens is 1. The SMILES string of the molecule is CC(=O)c1ccc2ccn(C)c2c1.COC(=O)c1ccc2c(Cc3ccccc3)cn(C)c2c1.ClCc1ccccc1.Cn1cc(Cc2ccccc2)c2ccc(C(=O)N3CC(N4CCN(C(=O)c5nccs5)CC4)C3)cc21.Cn1cc(Cc2ccccc2)c2ccc(C(=O)O)cc21.O.O=C(c1nccs1)N1CCN(C2CNC2)CC1.[Li+].[OH-]. The van der Waals surface area contributed by atoms with Crippen LogP contribution in [0.15, 0.2) is 248 Å². The van der Waals surface area contributed by atoms with Gasteiger partial charge >= 0.3 is 30.8 Å². The van der Waals surface area contributed by atoms with E-state index in [4.69, 9.17) is 21.4 Å². The normalized spacial score (nSPS) is 13.9. The van der Waals surface area contributed by atoms with Gasteiger partial charge in [0.1, 0.15) is 0 Å². The van der Waals surface area contributed by atoms with Gasteiger partial charge in [-0.3, -0.25) is 29.0 Å². The molecule has 0 aliphatic carbocycles. The van der Waals surface area contributed by atoms with Crippen LogP contribution in [0.5, 0.6) is 0 Å². The quantitative estimate of drug-likeness (QED) is 0.0418. The first kappa shape index (κ1) is 89.2. The Morgan fingerprint density at radius 2 is 0.856 bits per heavy atom. The number of alkyl halides is 1. The number of rotatable bonds is 15. The number of piperazine rings is 2. The van der Waals surface area contributed by atoms with E-state index in [2.05, 4.69) is 120 Å². The maximum Gasteiger partial charge on any atom is 1.00 e. The fourth-order valence-corrected chi connectivity index (χ4v) is 16.3. The number of hydrogen-bond acceptors (Lipinski definition) is 15. The van der Waals surface area contributed by atoms with E-state index in [1.807, 2.05) is 190 Å². The maximum atomic E-state index is 13.2. The standard InChI is InChI=1S/C28H29N5O2S.C18H17NO2.C17H15NO2.C11H16N4OS.C11H11NO.C7H7Cl.Li.2H2O/c1-30-17-22(15-20-5-3-2-4-6-20)24-8-7-21(16-25(24)30)27(34)33-18-23(19-33)31-10-12-32(13-11-31)28(35)26-29-9-14-36-26;1-19-12-15(10-13-6-4-3-5-7-13)16-9-8-14(11-17(16)19)18(20)21-2;1-18-11-14(9-12-5-3-2-4-6-12)15-8-7-13(17(19)20)10-16(15)18;16-11(10-13-1-6-17-10)15-4-2-14(3-5-15)9-7-12-8-9;1-8(13)10-4-3-9-5-6-12(2)11(9)7-10;8-6-7-4-2-1-3-5-7;;;/h2-9,14,16-17,23H,10-13,15,18-19H2,1H3;3-9,11-12H,10H2,1-2H3;2-8,10-11H,9H2,1H3,(H,19,20);1,6,9,12H,2-5,7-8H2;3-7H,1-2H3;1-5H,6H2;;2*1H2/q;;;;;;+1;;/p-1. The second-order valence-corrected chi connectivity index (χ2v) is 31.2. The van der Waals surface area contributed by atoms with Crippen LogP contribution in [0.1, 0.15) is 107 Å². The molecule has 14 aromatic rings. The van der Waals surface area contributed by atoms with Gasteiger partial charge in [0.2, 0.25) is 0 Å². The van der Waals surface area contributed by atoms with Gasteiger partial charge in [-0.25, -0.2) is 19.6 Å². The number of benzene rings is 8. The molecule has 10 heterocycles. The van der Waals surface area contributed by atoms with Gasteiger partial charge in [-0.05, 0) is 119 Å². The Kier molecular flexibility index (Phi) is 32.0. The van der Waals surface area contributed by atoms with E-state index in [-0.39, 0.29) is 59.3 Å². The van der Waals surface area contributed by atoms with E-state index in [9.17, 15) is 28.8 Å². The monoisotopic (exact) mass is 1640 g/mol. The molecule has 0 bridgehead atoms. The van der Waals surface area contributed by atoms with Crippen LogP contribution in [0.25, 0.3) is 43.6 Å². The van der Waals surface area contributed by atoms with Gasteiger partial charge in [0.15, 0.2) is 15.8 Å². The Morgan fingerprint density at radius 3 is 1.24 bits per heavy atom. The molecule has 8 aromatic carbocycles. The number of carbonyl (C=O) groups is 6. The third-order valence-electron chi connectivity index (χ3n) is 21.5. The molecule has 4 aliphatic heterocycles. The number of carbonyl (C=O) groups excluding carboxylic acids is 5. The van der Waals surface area contributed by atoms with Crippen LogP contribution >= 0.6 is 34.3 Å². The van der Waals surface area contributed by atoms with Crippen LogP contribution in [0, 0.1) is 0 Å². The number of nitrogens with zero attached hydrogens (tertiary/aromatic N) is 11. The van der Waals surface area contributed by atoms with Gasteiger partial charge in [0.05, 0.1) is 18.2 Å². The number of hydrogen-bond donors (Lipinski definition) is 2. The van der Waals surface area contributed by atoms with Crippen molar-refractivity contribution in [2.24, 2.45) is 28.2 Å². The average molecular weight is 1640 g/mol. The number of nitrogens with one attached hydrogen (secondary N) is 1. The van der Waals surface area contributed by atoms with Crippen LogP contribution in [0.4, 0.5) is 0 Å². The summed E-state index contributed by atoms with van der Waals surface area (Å²) in [5, 5.41) is 21.9. The second-order valence-electron chi connectivity index (χ2n) is 29.2. The van der Waals surface area contributed by atoms with Crippen LogP contribution in [0.3, 0.4) is 0 Å². The van der Waals surface area contributed by atoms with Crippen molar-refractivity contribution >= 4 is 113 Å². The van der Waals surface area contributed by atoms with E-state index in [0.717, 1.165) is 123 Å². The number of aromatic nitrogens is 6. The van der Waals surface area contributed by atoms with Gasteiger partial charge in [-0.15, -0.1) is 34.3 Å². The molecule has 0 saturated carbocycles. The Balaban J connectivity index is 0.000000157. The van der Waals surface area contributed by atoms with E-state index in [1.54, 1.807) is 31.5 Å². The summed E-state index contributed by atoms with van der Waals surface area (Å²) in [6, 6.07) is 67.0. The maximum absolute atomic E-state index is 13.2. The van der Waals surface area contributed by atoms with Crippen molar-refractivity contribution < 1.29 is 68.4 Å². The number of carboxylic acids is 1. The Labute approximate surface area is 712 Å². The number of carboxylic acid groups (broad SMARTS) is 1. The van der Waals surface area contributed by atoms with Crippen molar-refractivity contribution in [3.05, 3.63) is 319 Å². The van der Waals surface area contributed by atoms with Gasteiger partial charge < -0.3 is 59.1 Å².